The van der Waals surface area contributed by atoms with Crippen molar-refractivity contribution in [3.63, 3.8) is 0 Å². The summed E-state index contributed by atoms with van der Waals surface area (Å²) in [5.74, 6) is -0.630. The van der Waals surface area contributed by atoms with Crippen molar-refractivity contribution in [1.82, 2.24) is 0 Å². The first-order valence-corrected chi connectivity index (χ1v) is 4.49. The lowest BCUT2D eigenvalue weighted by atomic mass is 10.2. The fourth-order valence-electron chi connectivity index (χ4n) is 0.938. The summed E-state index contributed by atoms with van der Waals surface area (Å²) in [4.78, 5) is 21.0. The van der Waals surface area contributed by atoms with Gasteiger partial charge < -0.3 is 9.47 Å². The minimum atomic E-state index is -0.331. The molecular weight excluding hydrogens is 184 g/mol. The maximum atomic E-state index is 10.6. The maximum absolute atomic E-state index is 10.6. The van der Waals surface area contributed by atoms with Crippen molar-refractivity contribution in [2.75, 3.05) is 6.61 Å². The van der Waals surface area contributed by atoms with Crippen molar-refractivity contribution in [3.8, 4) is 0 Å². The van der Waals surface area contributed by atoms with Gasteiger partial charge in [0, 0.05) is 13.8 Å². The predicted molar refractivity (Wildman–Crippen MR) is 51.6 cm³/mol. The van der Waals surface area contributed by atoms with E-state index in [2.05, 4.69) is 6.58 Å². The molecule has 80 valence electrons. The van der Waals surface area contributed by atoms with Crippen LogP contribution in [-0.4, -0.2) is 24.6 Å². The lowest BCUT2D eigenvalue weighted by Crippen LogP contribution is -2.14. The summed E-state index contributed by atoms with van der Waals surface area (Å²) in [6.45, 7) is 6.60. The monoisotopic (exact) mass is 200 g/mol. The van der Waals surface area contributed by atoms with Crippen LogP contribution in [0.15, 0.2) is 12.7 Å². The third kappa shape index (κ3) is 7.34. The normalized spacial score (nSPS) is 11.6. The highest BCUT2D eigenvalue weighted by atomic mass is 16.5. The second-order valence-electron chi connectivity index (χ2n) is 2.87. The summed E-state index contributed by atoms with van der Waals surface area (Å²) >= 11 is 0. The van der Waals surface area contributed by atoms with Gasteiger partial charge in [0.05, 0.1) is 6.61 Å². The second kappa shape index (κ2) is 7.12. The fraction of sp³-hybridized carbons (Fsp3) is 0.600. The summed E-state index contributed by atoms with van der Waals surface area (Å²) in [7, 11) is 0. The molecule has 0 N–H and O–H groups in total. The van der Waals surface area contributed by atoms with Crippen LogP contribution in [0.2, 0.25) is 0 Å². The SMILES string of the molecule is C=CC(CCCOC(C)=O)OC(C)=O. The lowest BCUT2D eigenvalue weighted by molar-refractivity contribution is -0.146. The first-order chi connectivity index (χ1) is 6.56. The van der Waals surface area contributed by atoms with Crippen LogP contribution in [0, 0.1) is 0 Å². The molecule has 0 amide bonds. The molecule has 0 aromatic rings. The van der Waals surface area contributed by atoms with Crippen LogP contribution in [0.5, 0.6) is 0 Å². The van der Waals surface area contributed by atoms with Crippen molar-refractivity contribution < 1.29 is 19.1 Å². The van der Waals surface area contributed by atoms with Crippen LogP contribution < -0.4 is 0 Å². The smallest absolute Gasteiger partial charge is 0.303 e. The molecule has 0 aliphatic heterocycles. The maximum Gasteiger partial charge on any atom is 0.303 e. The summed E-state index contributed by atoms with van der Waals surface area (Å²) in [6, 6.07) is 0. The number of ether oxygens (including phenoxy) is 2. The Morgan fingerprint density at radius 3 is 2.43 bits per heavy atom. The van der Waals surface area contributed by atoms with Crippen LogP contribution in [0.25, 0.3) is 0 Å². The molecule has 0 rings (SSSR count). The molecule has 0 radical (unpaired) electrons. The molecule has 0 spiro atoms. The van der Waals surface area contributed by atoms with Crippen LogP contribution >= 0.6 is 0 Å². The molecule has 1 atom stereocenters. The highest BCUT2D eigenvalue weighted by Gasteiger charge is 2.07. The molecule has 0 fully saturated rings. The number of esters is 2. The van der Waals surface area contributed by atoms with Crippen LogP contribution in [0.3, 0.4) is 0 Å². The van der Waals surface area contributed by atoms with Gasteiger partial charge in [-0.2, -0.15) is 0 Å². The Bertz CT molecular complexity index is 210. The minimum absolute atomic E-state index is 0.289. The molecule has 0 bridgehead atoms. The van der Waals surface area contributed by atoms with E-state index in [0.717, 1.165) is 0 Å². The van der Waals surface area contributed by atoms with E-state index in [9.17, 15) is 9.59 Å². The molecule has 0 heterocycles. The summed E-state index contributed by atoms with van der Waals surface area (Å²) in [5, 5.41) is 0. The Balaban J connectivity index is 3.57. The topological polar surface area (TPSA) is 52.6 Å². The highest BCUT2D eigenvalue weighted by Crippen LogP contribution is 2.04. The van der Waals surface area contributed by atoms with Gasteiger partial charge in [0.1, 0.15) is 6.10 Å². The predicted octanol–water partition coefficient (Wildman–Crippen LogP) is 1.45. The molecule has 0 aromatic carbocycles. The number of rotatable bonds is 6. The van der Waals surface area contributed by atoms with Crippen LogP contribution in [-0.2, 0) is 19.1 Å². The fourth-order valence-corrected chi connectivity index (χ4v) is 0.938. The van der Waals surface area contributed by atoms with Gasteiger partial charge in [-0.05, 0) is 12.8 Å². The lowest BCUT2D eigenvalue weighted by Gasteiger charge is -2.11. The van der Waals surface area contributed by atoms with E-state index < -0.39 is 0 Å². The number of hydrogen-bond acceptors (Lipinski definition) is 4. The second-order valence-corrected chi connectivity index (χ2v) is 2.87. The Morgan fingerprint density at radius 1 is 1.36 bits per heavy atom. The Morgan fingerprint density at radius 2 is 2.00 bits per heavy atom. The zero-order valence-electron chi connectivity index (χ0n) is 8.62. The van der Waals surface area contributed by atoms with Gasteiger partial charge in [-0.1, -0.05) is 12.7 Å². The van der Waals surface area contributed by atoms with Gasteiger partial charge in [-0.3, -0.25) is 9.59 Å². The van der Waals surface area contributed by atoms with Gasteiger partial charge in [-0.25, -0.2) is 0 Å². The standard InChI is InChI=1S/C10H16O4/c1-4-10(14-9(3)12)6-5-7-13-8(2)11/h4,10H,1,5-7H2,2-3H3. The molecule has 0 aliphatic carbocycles. The van der Waals surface area contributed by atoms with Crippen molar-refractivity contribution in [2.45, 2.75) is 32.8 Å². The summed E-state index contributed by atoms with van der Waals surface area (Å²) in [6.07, 6.45) is 2.55. The molecule has 0 saturated heterocycles. The number of carbonyl (C=O) groups excluding carboxylic acids is 2. The molecule has 1 unspecified atom stereocenters. The molecule has 0 saturated carbocycles. The molecule has 4 heteroatoms. The Hall–Kier alpha value is -1.32. The summed E-state index contributed by atoms with van der Waals surface area (Å²) in [5.41, 5.74) is 0. The van der Waals surface area contributed by atoms with Crippen molar-refractivity contribution in [1.29, 1.82) is 0 Å². The third-order valence-corrected chi connectivity index (χ3v) is 1.52. The first-order valence-electron chi connectivity index (χ1n) is 4.49. The zero-order valence-corrected chi connectivity index (χ0v) is 8.62. The molecular formula is C10H16O4. The third-order valence-electron chi connectivity index (χ3n) is 1.52. The van der Waals surface area contributed by atoms with Crippen molar-refractivity contribution in [2.24, 2.45) is 0 Å². The van der Waals surface area contributed by atoms with E-state index in [4.69, 9.17) is 9.47 Å². The highest BCUT2D eigenvalue weighted by molar-refractivity contribution is 5.66. The van der Waals surface area contributed by atoms with Crippen molar-refractivity contribution >= 4 is 11.9 Å². The van der Waals surface area contributed by atoms with E-state index in [1.807, 2.05) is 0 Å². The Labute approximate surface area is 83.9 Å². The first kappa shape index (κ1) is 12.7. The zero-order chi connectivity index (χ0) is 11.0. The molecule has 0 aromatic heterocycles. The largest absolute Gasteiger partial charge is 0.466 e. The van der Waals surface area contributed by atoms with E-state index in [-0.39, 0.29) is 18.0 Å². The molecule has 0 aliphatic rings. The minimum Gasteiger partial charge on any atom is -0.466 e. The van der Waals surface area contributed by atoms with Gasteiger partial charge in [-0.15, -0.1) is 0 Å². The van der Waals surface area contributed by atoms with E-state index in [1.165, 1.54) is 13.8 Å². The molecule has 14 heavy (non-hydrogen) atoms. The number of carbonyl (C=O) groups is 2. The average molecular weight is 200 g/mol. The summed E-state index contributed by atoms with van der Waals surface area (Å²) < 4.78 is 9.64. The van der Waals surface area contributed by atoms with Gasteiger partial charge in [0.2, 0.25) is 0 Å². The quantitative estimate of drug-likeness (QED) is 0.370. The van der Waals surface area contributed by atoms with E-state index in [0.29, 0.717) is 19.4 Å². The Kier molecular flexibility index (Phi) is 6.45. The average Bonchev–Trinajstić information content (AvgIpc) is 2.09. The van der Waals surface area contributed by atoms with Gasteiger partial charge in [0.25, 0.3) is 0 Å². The van der Waals surface area contributed by atoms with Gasteiger partial charge in [0.15, 0.2) is 0 Å². The van der Waals surface area contributed by atoms with Gasteiger partial charge >= 0.3 is 11.9 Å². The molecule has 4 nitrogen and oxygen atoms in total. The number of hydrogen-bond donors (Lipinski definition) is 0. The van der Waals surface area contributed by atoms with Crippen molar-refractivity contribution in [3.05, 3.63) is 12.7 Å². The van der Waals surface area contributed by atoms with Crippen LogP contribution in [0.1, 0.15) is 26.7 Å². The van der Waals surface area contributed by atoms with E-state index in [1.54, 1.807) is 6.08 Å². The van der Waals surface area contributed by atoms with Crippen LogP contribution in [0.4, 0.5) is 0 Å². The van der Waals surface area contributed by atoms with E-state index >= 15 is 0 Å².